The highest BCUT2D eigenvalue weighted by Gasteiger charge is 2.13. The molecule has 0 amide bonds. The SMILES string of the molecule is Cc1ccc(S(=O)(=O)N=C2C=CC=CC2)cc1. The van der Waals surface area contributed by atoms with Gasteiger partial charge in [-0.05, 0) is 25.1 Å². The summed E-state index contributed by atoms with van der Waals surface area (Å²) in [4.78, 5) is 0.235. The molecule has 3 nitrogen and oxygen atoms in total. The zero-order chi connectivity index (χ0) is 12.3. The third-order valence-corrected chi connectivity index (χ3v) is 3.76. The van der Waals surface area contributed by atoms with E-state index in [0.29, 0.717) is 12.1 Å². The zero-order valence-corrected chi connectivity index (χ0v) is 10.3. The summed E-state index contributed by atoms with van der Waals surface area (Å²) in [6.45, 7) is 1.91. The van der Waals surface area contributed by atoms with Crippen LogP contribution >= 0.6 is 0 Å². The van der Waals surface area contributed by atoms with Crippen molar-refractivity contribution in [2.75, 3.05) is 0 Å². The normalized spacial score (nSPS) is 17.6. The molecule has 1 aliphatic rings. The van der Waals surface area contributed by atoms with Gasteiger partial charge in [-0.2, -0.15) is 12.8 Å². The Hall–Kier alpha value is -1.68. The third kappa shape index (κ3) is 2.91. The molecule has 0 N–H and O–H groups in total. The molecule has 0 aliphatic heterocycles. The lowest BCUT2D eigenvalue weighted by Gasteiger charge is -2.03. The van der Waals surface area contributed by atoms with Gasteiger partial charge in [-0.15, -0.1) is 0 Å². The molecule has 0 heterocycles. The standard InChI is InChI=1S/C13H13NO2S/c1-11-7-9-13(10-8-11)17(15,16)14-12-5-3-2-4-6-12/h2-5,7-10H,6H2,1H3. The van der Waals surface area contributed by atoms with Crippen molar-refractivity contribution in [2.24, 2.45) is 4.40 Å². The van der Waals surface area contributed by atoms with Crippen LogP contribution in [0.4, 0.5) is 0 Å². The molecule has 1 aliphatic carbocycles. The van der Waals surface area contributed by atoms with Crippen molar-refractivity contribution < 1.29 is 8.42 Å². The van der Waals surface area contributed by atoms with E-state index in [1.165, 1.54) is 0 Å². The van der Waals surface area contributed by atoms with Crippen molar-refractivity contribution in [2.45, 2.75) is 18.2 Å². The Kier molecular flexibility index (Phi) is 3.24. The number of aryl methyl sites for hydroxylation is 1. The van der Waals surface area contributed by atoms with Gasteiger partial charge in [-0.3, -0.25) is 0 Å². The lowest BCUT2D eigenvalue weighted by atomic mass is 10.2. The van der Waals surface area contributed by atoms with E-state index in [9.17, 15) is 8.42 Å². The number of hydrogen-bond acceptors (Lipinski definition) is 2. The van der Waals surface area contributed by atoms with Crippen LogP contribution in [0.3, 0.4) is 0 Å². The molecular weight excluding hydrogens is 234 g/mol. The lowest BCUT2D eigenvalue weighted by molar-refractivity contribution is 0.598. The first-order valence-corrected chi connectivity index (χ1v) is 6.76. The average molecular weight is 247 g/mol. The topological polar surface area (TPSA) is 46.5 Å². The molecule has 0 fully saturated rings. The molecule has 0 unspecified atom stereocenters. The summed E-state index contributed by atoms with van der Waals surface area (Å²) in [5.41, 5.74) is 1.59. The summed E-state index contributed by atoms with van der Waals surface area (Å²) in [6, 6.07) is 6.70. The summed E-state index contributed by atoms with van der Waals surface area (Å²) in [5, 5.41) is 0. The first-order valence-electron chi connectivity index (χ1n) is 5.32. The summed E-state index contributed by atoms with van der Waals surface area (Å²) < 4.78 is 27.8. The number of rotatable bonds is 2. The molecule has 4 heteroatoms. The molecule has 0 radical (unpaired) electrons. The van der Waals surface area contributed by atoms with E-state index >= 15 is 0 Å². The monoisotopic (exact) mass is 247 g/mol. The number of allylic oxidation sites excluding steroid dienone is 4. The van der Waals surface area contributed by atoms with Crippen molar-refractivity contribution in [3.05, 3.63) is 54.1 Å². The van der Waals surface area contributed by atoms with Gasteiger partial charge in [0.1, 0.15) is 0 Å². The van der Waals surface area contributed by atoms with Gasteiger partial charge in [0.15, 0.2) is 0 Å². The Balaban J connectivity index is 2.34. The van der Waals surface area contributed by atoms with E-state index in [2.05, 4.69) is 4.40 Å². The van der Waals surface area contributed by atoms with E-state index in [4.69, 9.17) is 0 Å². The Morgan fingerprint density at radius 2 is 1.82 bits per heavy atom. The molecule has 88 valence electrons. The highest BCUT2D eigenvalue weighted by atomic mass is 32.2. The van der Waals surface area contributed by atoms with E-state index < -0.39 is 10.0 Å². The minimum absolute atomic E-state index is 0.235. The second-order valence-electron chi connectivity index (χ2n) is 3.86. The van der Waals surface area contributed by atoms with Crippen LogP contribution in [-0.2, 0) is 10.0 Å². The highest BCUT2D eigenvalue weighted by Crippen LogP contribution is 2.14. The lowest BCUT2D eigenvalue weighted by Crippen LogP contribution is -2.03. The molecular formula is C13H13NO2S. The van der Waals surface area contributed by atoms with Gasteiger partial charge in [0.25, 0.3) is 10.0 Å². The number of sulfonamides is 1. The molecule has 0 saturated carbocycles. The summed E-state index contributed by atoms with van der Waals surface area (Å²) in [7, 11) is -3.57. The fraction of sp³-hybridized carbons (Fsp3) is 0.154. The van der Waals surface area contributed by atoms with Crippen molar-refractivity contribution in [1.29, 1.82) is 0 Å². The van der Waals surface area contributed by atoms with E-state index in [1.54, 1.807) is 36.4 Å². The first kappa shape index (κ1) is 11.8. The van der Waals surface area contributed by atoms with Gasteiger partial charge in [-0.1, -0.05) is 35.9 Å². The molecule has 0 aromatic heterocycles. The molecule has 1 aromatic rings. The van der Waals surface area contributed by atoms with Crippen molar-refractivity contribution >= 4 is 15.7 Å². The summed E-state index contributed by atoms with van der Waals surface area (Å²) >= 11 is 0. The smallest absolute Gasteiger partial charge is 0.199 e. The summed E-state index contributed by atoms with van der Waals surface area (Å²) in [6.07, 6.45) is 7.81. The number of nitrogens with zero attached hydrogens (tertiary/aromatic N) is 1. The predicted molar refractivity (Wildman–Crippen MR) is 68.7 cm³/mol. The van der Waals surface area contributed by atoms with Crippen LogP contribution in [0.1, 0.15) is 12.0 Å². The average Bonchev–Trinajstić information content (AvgIpc) is 2.30. The molecule has 0 bridgehead atoms. The van der Waals surface area contributed by atoms with Crippen molar-refractivity contribution in [3.8, 4) is 0 Å². The Labute approximate surface area is 101 Å². The second kappa shape index (κ2) is 4.67. The van der Waals surface area contributed by atoms with Gasteiger partial charge >= 0.3 is 0 Å². The quantitative estimate of drug-likeness (QED) is 0.806. The molecule has 0 saturated heterocycles. The van der Waals surface area contributed by atoms with Crippen LogP contribution in [-0.4, -0.2) is 14.1 Å². The Bertz CT molecular complexity index is 593. The van der Waals surface area contributed by atoms with Crippen LogP contribution in [0.15, 0.2) is 57.9 Å². The van der Waals surface area contributed by atoms with Crippen LogP contribution in [0.2, 0.25) is 0 Å². The maximum absolute atomic E-state index is 12.0. The van der Waals surface area contributed by atoms with Crippen molar-refractivity contribution in [3.63, 3.8) is 0 Å². The molecule has 0 atom stereocenters. The minimum Gasteiger partial charge on any atom is -0.199 e. The van der Waals surface area contributed by atoms with E-state index in [-0.39, 0.29) is 4.90 Å². The molecule has 2 rings (SSSR count). The predicted octanol–water partition coefficient (Wildman–Crippen LogP) is 2.64. The number of hydrogen-bond donors (Lipinski definition) is 0. The third-order valence-electron chi connectivity index (χ3n) is 2.42. The van der Waals surface area contributed by atoms with Gasteiger partial charge in [0.05, 0.1) is 10.6 Å². The van der Waals surface area contributed by atoms with Gasteiger partial charge in [0.2, 0.25) is 0 Å². The molecule has 17 heavy (non-hydrogen) atoms. The van der Waals surface area contributed by atoms with Gasteiger partial charge < -0.3 is 0 Å². The number of benzene rings is 1. The van der Waals surface area contributed by atoms with E-state index in [1.807, 2.05) is 19.1 Å². The second-order valence-corrected chi connectivity index (χ2v) is 5.47. The maximum Gasteiger partial charge on any atom is 0.282 e. The Morgan fingerprint density at radius 3 is 2.41 bits per heavy atom. The van der Waals surface area contributed by atoms with Crippen LogP contribution in [0.25, 0.3) is 0 Å². The molecule has 1 aromatic carbocycles. The minimum atomic E-state index is -3.57. The van der Waals surface area contributed by atoms with Crippen LogP contribution in [0, 0.1) is 6.92 Å². The molecule has 0 spiro atoms. The first-order chi connectivity index (χ1) is 8.08. The highest BCUT2D eigenvalue weighted by molar-refractivity contribution is 7.90. The summed E-state index contributed by atoms with van der Waals surface area (Å²) in [5.74, 6) is 0. The largest absolute Gasteiger partial charge is 0.282 e. The fourth-order valence-electron chi connectivity index (χ4n) is 1.49. The zero-order valence-electron chi connectivity index (χ0n) is 9.50. The van der Waals surface area contributed by atoms with Crippen LogP contribution < -0.4 is 0 Å². The van der Waals surface area contributed by atoms with E-state index in [0.717, 1.165) is 5.56 Å². The Morgan fingerprint density at radius 1 is 1.12 bits per heavy atom. The van der Waals surface area contributed by atoms with Gasteiger partial charge in [0, 0.05) is 6.42 Å². The fourth-order valence-corrected chi connectivity index (χ4v) is 2.52. The van der Waals surface area contributed by atoms with Crippen molar-refractivity contribution in [1.82, 2.24) is 0 Å². The van der Waals surface area contributed by atoms with Gasteiger partial charge in [-0.25, -0.2) is 0 Å². The maximum atomic E-state index is 12.0. The van der Waals surface area contributed by atoms with Crippen LogP contribution in [0.5, 0.6) is 0 Å².